The molecule has 224 valence electrons. The van der Waals surface area contributed by atoms with Crippen LogP contribution in [0.3, 0.4) is 0 Å². The Hall–Kier alpha value is -2.19. The summed E-state index contributed by atoms with van der Waals surface area (Å²) in [6.07, 6.45) is 1.70. The summed E-state index contributed by atoms with van der Waals surface area (Å²) in [5, 5.41) is 0. The predicted molar refractivity (Wildman–Crippen MR) is 143 cm³/mol. The summed E-state index contributed by atoms with van der Waals surface area (Å²) in [7, 11) is 0. The maximum Gasteiger partial charge on any atom is 0.307 e. The van der Waals surface area contributed by atoms with Gasteiger partial charge in [-0.2, -0.15) is 0 Å². The Morgan fingerprint density at radius 3 is 2.10 bits per heavy atom. The number of Topliss-reactive ketones (excluding diaryl/α,β-unsaturated/α-hetero) is 3. The van der Waals surface area contributed by atoms with Crippen molar-refractivity contribution in [3.63, 3.8) is 0 Å². The molecule has 40 heavy (non-hydrogen) atoms. The number of carbonyl (C=O) groups is 5. The summed E-state index contributed by atoms with van der Waals surface area (Å²) in [5.74, 6) is -6.61. The Labute approximate surface area is 236 Å². The molecule has 0 bridgehead atoms. The van der Waals surface area contributed by atoms with Crippen molar-refractivity contribution >= 4 is 29.2 Å². The van der Waals surface area contributed by atoms with Crippen LogP contribution in [0.5, 0.6) is 0 Å². The van der Waals surface area contributed by atoms with Crippen LogP contribution in [0.4, 0.5) is 8.78 Å². The van der Waals surface area contributed by atoms with Gasteiger partial charge in [0.25, 0.3) is 0 Å². The minimum Gasteiger partial charge on any atom is -0.460 e. The summed E-state index contributed by atoms with van der Waals surface area (Å²) < 4.78 is 33.5. The van der Waals surface area contributed by atoms with Crippen molar-refractivity contribution in [3.8, 4) is 0 Å². The van der Waals surface area contributed by atoms with Crippen LogP contribution < -0.4 is 0 Å². The number of esters is 1. The molecule has 3 aliphatic carbocycles. The van der Waals surface area contributed by atoms with Crippen LogP contribution >= 0.6 is 0 Å². The third-order valence-corrected chi connectivity index (χ3v) is 9.76. The van der Waals surface area contributed by atoms with Gasteiger partial charge >= 0.3 is 5.97 Å². The zero-order valence-electron chi connectivity index (χ0n) is 24.8. The Balaban J connectivity index is 1.57. The number of hydrogen-bond acceptors (Lipinski definition) is 6. The molecule has 1 aliphatic heterocycles. The van der Waals surface area contributed by atoms with Crippen molar-refractivity contribution in [1.29, 1.82) is 0 Å². The molecule has 0 N–H and O–H groups in total. The molecule has 0 radical (unpaired) electrons. The van der Waals surface area contributed by atoms with Crippen LogP contribution in [0, 0.1) is 40.9 Å². The highest BCUT2D eigenvalue weighted by Gasteiger charge is 2.69. The number of likely N-dealkylation sites (tertiary alicyclic amines) is 1. The summed E-state index contributed by atoms with van der Waals surface area (Å²) in [4.78, 5) is 67.1. The van der Waals surface area contributed by atoms with Crippen LogP contribution in [0.15, 0.2) is 0 Å². The fraction of sp³-hybridized carbons (Fsp3) is 0.839. The van der Waals surface area contributed by atoms with Crippen LogP contribution in [0.2, 0.25) is 0 Å². The second-order valence-corrected chi connectivity index (χ2v) is 14.4. The van der Waals surface area contributed by atoms with Gasteiger partial charge < -0.3 is 9.64 Å². The first-order chi connectivity index (χ1) is 18.4. The van der Waals surface area contributed by atoms with Gasteiger partial charge in [0.05, 0.1) is 18.4 Å². The normalized spacial score (nSPS) is 28.8. The molecule has 3 saturated carbocycles. The highest BCUT2D eigenvalue weighted by atomic mass is 19.3. The molecule has 7 nitrogen and oxygen atoms in total. The second kappa shape index (κ2) is 10.9. The van der Waals surface area contributed by atoms with Crippen molar-refractivity contribution in [2.75, 3.05) is 6.54 Å². The Morgan fingerprint density at radius 1 is 0.975 bits per heavy atom. The number of ketones is 3. The average Bonchev–Trinajstić information content (AvgIpc) is 3.67. The number of piperidine rings is 1. The van der Waals surface area contributed by atoms with Gasteiger partial charge in [-0.1, -0.05) is 26.7 Å². The first kappa shape index (κ1) is 30.8. The molecule has 0 aromatic rings. The lowest BCUT2D eigenvalue weighted by atomic mass is 9.76. The number of nitrogens with zero attached hydrogens (tertiary/aromatic N) is 1. The Kier molecular flexibility index (Phi) is 8.38. The van der Waals surface area contributed by atoms with Gasteiger partial charge in [-0.3, -0.25) is 24.0 Å². The van der Waals surface area contributed by atoms with Crippen LogP contribution in [0.1, 0.15) is 99.3 Å². The summed E-state index contributed by atoms with van der Waals surface area (Å²) in [6.45, 7) is 10.9. The number of alkyl halides is 2. The van der Waals surface area contributed by atoms with Crippen LogP contribution in [0.25, 0.3) is 0 Å². The molecule has 5 atom stereocenters. The molecule has 1 amide bonds. The lowest BCUT2D eigenvalue weighted by Gasteiger charge is -2.38. The van der Waals surface area contributed by atoms with Gasteiger partial charge in [0, 0.05) is 38.6 Å². The standard InChI is InChI=1S/C31H45F2NO6/c1-17(35)27(38)20(13-18-7-8-18)14-23(36)26-25-22(30(25,5)6)16-34(26)28(39)21(15-24(37)40-29(2,3)4)19-9-11-31(32,33)12-10-19/h18-22,25-26H,7-16H2,1-6H3/t20-,21-,22-,25-,26+/m0/s1. The van der Waals surface area contributed by atoms with Crippen molar-refractivity contribution in [1.82, 2.24) is 4.90 Å². The van der Waals surface area contributed by atoms with E-state index in [1.54, 1.807) is 25.7 Å². The van der Waals surface area contributed by atoms with E-state index in [2.05, 4.69) is 13.8 Å². The van der Waals surface area contributed by atoms with Gasteiger partial charge in [0.1, 0.15) is 5.60 Å². The fourth-order valence-electron chi connectivity index (χ4n) is 7.27. The molecule has 1 saturated heterocycles. The maximum atomic E-state index is 14.2. The molecule has 4 rings (SSSR count). The van der Waals surface area contributed by atoms with E-state index in [0.717, 1.165) is 12.8 Å². The molecule has 4 aliphatic rings. The minimum absolute atomic E-state index is 0.0733. The Morgan fingerprint density at radius 2 is 1.57 bits per heavy atom. The van der Waals surface area contributed by atoms with E-state index in [1.807, 2.05) is 0 Å². The van der Waals surface area contributed by atoms with Crippen molar-refractivity contribution in [2.24, 2.45) is 40.9 Å². The van der Waals surface area contributed by atoms with E-state index < -0.39 is 52.9 Å². The largest absolute Gasteiger partial charge is 0.460 e. The summed E-state index contributed by atoms with van der Waals surface area (Å²) in [6, 6.07) is -0.750. The fourth-order valence-corrected chi connectivity index (χ4v) is 7.27. The van der Waals surface area contributed by atoms with E-state index in [4.69, 9.17) is 4.74 Å². The number of amides is 1. The molecular formula is C31H45F2NO6. The topological polar surface area (TPSA) is 97.8 Å². The van der Waals surface area contributed by atoms with Gasteiger partial charge in [0.15, 0.2) is 11.6 Å². The second-order valence-electron chi connectivity index (χ2n) is 14.4. The van der Waals surface area contributed by atoms with E-state index in [9.17, 15) is 32.8 Å². The molecule has 0 aromatic heterocycles. The maximum absolute atomic E-state index is 14.2. The number of hydrogen-bond donors (Lipinski definition) is 0. The number of halogens is 2. The Bertz CT molecular complexity index is 1050. The highest BCUT2D eigenvalue weighted by Crippen LogP contribution is 2.65. The van der Waals surface area contributed by atoms with Gasteiger partial charge in [-0.25, -0.2) is 8.78 Å². The van der Waals surface area contributed by atoms with Crippen LogP contribution in [-0.2, 0) is 28.7 Å². The number of fused-ring (bicyclic) bond motifs is 1. The van der Waals surface area contributed by atoms with E-state index in [1.165, 1.54) is 6.92 Å². The van der Waals surface area contributed by atoms with Gasteiger partial charge in [-0.15, -0.1) is 0 Å². The van der Waals surface area contributed by atoms with E-state index in [-0.39, 0.29) is 67.5 Å². The third-order valence-electron chi connectivity index (χ3n) is 9.76. The SMILES string of the molecule is CC(=O)C(=O)[C@H](CC(=O)[C@@H]1[C@@H]2[C@H](CN1C(=O)[C@@H](CC(=O)OC(C)(C)C)C1CCC(F)(F)CC1)C2(C)C)CC1CC1. The van der Waals surface area contributed by atoms with E-state index >= 15 is 0 Å². The molecule has 9 heteroatoms. The van der Waals surface area contributed by atoms with Crippen molar-refractivity contribution in [3.05, 3.63) is 0 Å². The van der Waals surface area contributed by atoms with Crippen LogP contribution in [-0.4, -0.2) is 58.2 Å². The van der Waals surface area contributed by atoms with Gasteiger partial charge in [-0.05, 0) is 69.1 Å². The van der Waals surface area contributed by atoms with Crippen molar-refractivity contribution in [2.45, 2.75) is 117 Å². The monoisotopic (exact) mass is 565 g/mol. The molecule has 4 fully saturated rings. The predicted octanol–water partition coefficient (Wildman–Crippen LogP) is 5.18. The van der Waals surface area contributed by atoms with E-state index in [0.29, 0.717) is 18.9 Å². The lowest BCUT2D eigenvalue weighted by Crippen LogP contribution is -2.50. The molecule has 0 spiro atoms. The third kappa shape index (κ3) is 6.81. The molecule has 0 aromatic carbocycles. The first-order valence-electron chi connectivity index (χ1n) is 14.9. The molecule has 0 unspecified atom stereocenters. The first-order valence-corrected chi connectivity index (χ1v) is 14.9. The lowest BCUT2D eigenvalue weighted by molar-refractivity contribution is -0.161. The molecular weight excluding hydrogens is 520 g/mol. The zero-order chi connectivity index (χ0) is 29.8. The minimum atomic E-state index is -2.78. The highest BCUT2D eigenvalue weighted by molar-refractivity contribution is 6.37. The summed E-state index contributed by atoms with van der Waals surface area (Å²) in [5.41, 5.74) is -0.914. The van der Waals surface area contributed by atoms with Crippen molar-refractivity contribution < 1.29 is 37.5 Å². The average molecular weight is 566 g/mol. The smallest absolute Gasteiger partial charge is 0.307 e. The number of ether oxygens (including phenoxy) is 1. The molecule has 1 heterocycles. The van der Waals surface area contributed by atoms with Gasteiger partial charge in [0.2, 0.25) is 17.6 Å². The zero-order valence-corrected chi connectivity index (χ0v) is 24.8. The summed E-state index contributed by atoms with van der Waals surface area (Å²) >= 11 is 0. The number of rotatable bonds is 11. The quantitative estimate of drug-likeness (QED) is 0.253. The number of carbonyl (C=O) groups excluding carboxylic acids is 5.